The lowest BCUT2D eigenvalue weighted by molar-refractivity contribution is -0.154. The van der Waals surface area contributed by atoms with Crippen LogP contribution in [0.25, 0.3) is 10.8 Å². The Morgan fingerprint density at radius 1 is 1.17 bits per heavy atom. The van der Waals surface area contributed by atoms with Crippen molar-refractivity contribution in [2.24, 2.45) is 5.73 Å². The van der Waals surface area contributed by atoms with Crippen molar-refractivity contribution in [2.45, 2.75) is 19.6 Å². The molecule has 0 aliphatic rings. The third-order valence-electron chi connectivity index (χ3n) is 4.15. The summed E-state index contributed by atoms with van der Waals surface area (Å²) in [5.41, 5.74) is 4.72. The van der Waals surface area contributed by atoms with Gasteiger partial charge in [0.1, 0.15) is 12.4 Å². The zero-order valence-corrected chi connectivity index (χ0v) is 15.8. The Bertz CT molecular complexity index is 1210. The zero-order valence-electron chi connectivity index (χ0n) is 15.8. The molecule has 0 saturated heterocycles. The third kappa shape index (κ3) is 4.49. The number of halogens is 1. The van der Waals surface area contributed by atoms with Crippen molar-refractivity contribution in [3.8, 4) is 0 Å². The lowest BCUT2D eigenvalue weighted by atomic mass is 10.1. The second-order valence-corrected chi connectivity index (χ2v) is 6.35. The lowest BCUT2D eigenvalue weighted by Crippen LogP contribution is -2.34. The van der Waals surface area contributed by atoms with E-state index in [-0.39, 0.29) is 22.2 Å². The standard InChI is InChI=1S/C20H17FN4O5/c1-11(19(28)23-13-6-4-5-12(21)9-13)30-16(26)10-25-20(29)15-8-3-2-7-14(15)17(24-25)18(22)27/h2-9,11H,10H2,1H3,(H2,22,27)(H,23,28)/t11-/m0/s1. The van der Waals surface area contributed by atoms with Crippen molar-refractivity contribution in [3.63, 3.8) is 0 Å². The van der Waals surface area contributed by atoms with Gasteiger partial charge in [0.25, 0.3) is 17.4 Å². The van der Waals surface area contributed by atoms with E-state index in [9.17, 15) is 23.6 Å². The molecule has 3 aromatic rings. The Kier molecular flexibility index (Phi) is 5.86. The van der Waals surface area contributed by atoms with Gasteiger partial charge in [-0.15, -0.1) is 0 Å². The molecule has 30 heavy (non-hydrogen) atoms. The highest BCUT2D eigenvalue weighted by molar-refractivity contribution is 6.04. The van der Waals surface area contributed by atoms with E-state index < -0.39 is 41.8 Å². The van der Waals surface area contributed by atoms with Gasteiger partial charge in [-0.25, -0.2) is 9.07 Å². The fourth-order valence-corrected chi connectivity index (χ4v) is 2.74. The molecule has 3 rings (SSSR count). The second-order valence-electron chi connectivity index (χ2n) is 6.35. The number of benzene rings is 2. The minimum Gasteiger partial charge on any atom is -0.451 e. The number of carbonyl (C=O) groups is 3. The summed E-state index contributed by atoms with van der Waals surface area (Å²) in [6.07, 6.45) is -1.23. The fourth-order valence-electron chi connectivity index (χ4n) is 2.74. The van der Waals surface area contributed by atoms with E-state index in [0.29, 0.717) is 0 Å². The van der Waals surface area contributed by atoms with Gasteiger partial charge in [-0.05, 0) is 31.2 Å². The van der Waals surface area contributed by atoms with E-state index in [1.807, 2.05) is 0 Å². The molecule has 1 heterocycles. The number of rotatable bonds is 6. The van der Waals surface area contributed by atoms with Crippen molar-refractivity contribution in [1.29, 1.82) is 0 Å². The molecule has 0 unspecified atom stereocenters. The molecule has 2 aromatic carbocycles. The van der Waals surface area contributed by atoms with Crippen LogP contribution in [0.15, 0.2) is 53.3 Å². The summed E-state index contributed by atoms with van der Waals surface area (Å²) in [5, 5.41) is 6.69. The second kappa shape index (κ2) is 8.52. The first-order chi connectivity index (χ1) is 14.3. The molecule has 0 fully saturated rings. The number of ether oxygens (including phenoxy) is 1. The van der Waals surface area contributed by atoms with Gasteiger partial charge in [-0.3, -0.25) is 19.2 Å². The maximum absolute atomic E-state index is 13.2. The Balaban J connectivity index is 1.75. The highest BCUT2D eigenvalue weighted by Gasteiger charge is 2.21. The molecule has 10 heteroatoms. The topological polar surface area (TPSA) is 133 Å². The molecular weight excluding hydrogens is 395 g/mol. The van der Waals surface area contributed by atoms with Gasteiger partial charge in [-0.2, -0.15) is 5.10 Å². The summed E-state index contributed by atoms with van der Waals surface area (Å²) < 4.78 is 19.0. The SMILES string of the molecule is C[C@H](OC(=O)Cn1nc(C(N)=O)c2ccccc2c1=O)C(=O)Nc1cccc(F)c1. The zero-order chi connectivity index (χ0) is 21.8. The van der Waals surface area contributed by atoms with Gasteiger partial charge < -0.3 is 15.8 Å². The molecule has 1 atom stereocenters. The van der Waals surface area contributed by atoms with E-state index in [4.69, 9.17) is 10.5 Å². The maximum Gasteiger partial charge on any atom is 0.328 e. The molecular formula is C20H17FN4O5. The quantitative estimate of drug-likeness (QED) is 0.585. The van der Waals surface area contributed by atoms with E-state index >= 15 is 0 Å². The minimum atomic E-state index is -1.23. The number of nitrogens with zero attached hydrogens (tertiary/aromatic N) is 2. The van der Waals surface area contributed by atoms with Crippen molar-refractivity contribution >= 4 is 34.2 Å². The monoisotopic (exact) mass is 412 g/mol. The Morgan fingerprint density at radius 2 is 1.87 bits per heavy atom. The molecule has 2 amide bonds. The molecule has 0 aliphatic carbocycles. The van der Waals surface area contributed by atoms with Gasteiger partial charge in [0.2, 0.25) is 0 Å². The molecule has 0 saturated carbocycles. The summed E-state index contributed by atoms with van der Waals surface area (Å²) in [7, 11) is 0. The molecule has 0 spiro atoms. The number of fused-ring (bicyclic) bond motifs is 1. The van der Waals surface area contributed by atoms with Crippen LogP contribution in [0.3, 0.4) is 0 Å². The van der Waals surface area contributed by atoms with Crippen molar-refractivity contribution in [2.75, 3.05) is 5.32 Å². The number of primary amides is 1. The molecule has 1 aromatic heterocycles. The summed E-state index contributed by atoms with van der Waals surface area (Å²) in [4.78, 5) is 48.6. The first-order valence-corrected chi connectivity index (χ1v) is 8.82. The van der Waals surface area contributed by atoms with Crippen LogP contribution in [0.5, 0.6) is 0 Å². The summed E-state index contributed by atoms with van der Waals surface area (Å²) in [6, 6.07) is 11.4. The van der Waals surface area contributed by atoms with Crippen molar-refractivity contribution in [3.05, 3.63) is 70.4 Å². The average molecular weight is 412 g/mol. The predicted molar refractivity (Wildman–Crippen MR) is 105 cm³/mol. The molecule has 0 aliphatic heterocycles. The number of hydrogen-bond acceptors (Lipinski definition) is 6. The normalized spacial score (nSPS) is 11.7. The Hall–Kier alpha value is -4.08. The number of nitrogens with one attached hydrogen (secondary N) is 1. The van der Waals surface area contributed by atoms with E-state index in [1.54, 1.807) is 12.1 Å². The van der Waals surface area contributed by atoms with Crippen LogP contribution in [0, 0.1) is 5.82 Å². The maximum atomic E-state index is 13.2. The van der Waals surface area contributed by atoms with Gasteiger partial charge in [0.05, 0.1) is 5.39 Å². The minimum absolute atomic E-state index is 0.158. The molecule has 9 nitrogen and oxygen atoms in total. The van der Waals surface area contributed by atoms with Gasteiger partial charge in [0.15, 0.2) is 11.8 Å². The molecule has 0 radical (unpaired) electrons. The average Bonchev–Trinajstić information content (AvgIpc) is 2.69. The molecule has 3 N–H and O–H groups in total. The van der Waals surface area contributed by atoms with E-state index in [2.05, 4.69) is 10.4 Å². The number of aromatic nitrogens is 2. The van der Waals surface area contributed by atoms with Crippen LogP contribution >= 0.6 is 0 Å². The summed E-state index contributed by atoms with van der Waals surface area (Å²) >= 11 is 0. The Morgan fingerprint density at radius 3 is 2.53 bits per heavy atom. The van der Waals surface area contributed by atoms with Crippen molar-refractivity contribution < 1.29 is 23.5 Å². The number of anilines is 1. The van der Waals surface area contributed by atoms with Crippen LogP contribution < -0.4 is 16.6 Å². The van der Waals surface area contributed by atoms with Gasteiger partial charge in [0, 0.05) is 11.1 Å². The van der Waals surface area contributed by atoms with Crippen LogP contribution in [0.1, 0.15) is 17.4 Å². The van der Waals surface area contributed by atoms with E-state index in [1.165, 1.54) is 37.3 Å². The van der Waals surface area contributed by atoms with Crippen LogP contribution in [-0.2, 0) is 20.9 Å². The fraction of sp³-hybridized carbons (Fsp3) is 0.150. The van der Waals surface area contributed by atoms with Crippen LogP contribution in [-0.4, -0.2) is 33.7 Å². The number of nitrogens with two attached hydrogens (primary N) is 1. The predicted octanol–water partition coefficient (Wildman–Crippen LogP) is 1.20. The number of hydrogen-bond donors (Lipinski definition) is 2. The summed E-state index contributed by atoms with van der Waals surface area (Å²) in [6.45, 7) is 0.680. The van der Waals surface area contributed by atoms with Crippen LogP contribution in [0.2, 0.25) is 0 Å². The first-order valence-electron chi connectivity index (χ1n) is 8.82. The van der Waals surface area contributed by atoms with Crippen LogP contribution in [0.4, 0.5) is 10.1 Å². The third-order valence-corrected chi connectivity index (χ3v) is 4.15. The first kappa shape index (κ1) is 20.6. The highest BCUT2D eigenvalue weighted by atomic mass is 19.1. The van der Waals surface area contributed by atoms with Gasteiger partial charge >= 0.3 is 5.97 Å². The van der Waals surface area contributed by atoms with Gasteiger partial charge in [-0.1, -0.05) is 24.3 Å². The summed E-state index contributed by atoms with van der Waals surface area (Å²) in [5.74, 6) is -3.02. The molecule has 0 bridgehead atoms. The van der Waals surface area contributed by atoms with E-state index in [0.717, 1.165) is 10.7 Å². The lowest BCUT2D eigenvalue weighted by Gasteiger charge is -2.14. The largest absolute Gasteiger partial charge is 0.451 e. The number of amides is 2. The highest BCUT2D eigenvalue weighted by Crippen LogP contribution is 2.13. The Labute approximate surface area is 169 Å². The number of carbonyl (C=O) groups excluding carboxylic acids is 3. The smallest absolute Gasteiger partial charge is 0.328 e. The van der Waals surface area contributed by atoms with Crippen molar-refractivity contribution in [1.82, 2.24) is 9.78 Å². The molecule has 154 valence electrons. The number of esters is 1.